The fraction of sp³-hybridized carbons (Fsp3) is 0.375. The predicted octanol–water partition coefficient (Wildman–Crippen LogP) is 0.847. The van der Waals surface area contributed by atoms with Gasteiger partial charge in [-0.15, -0.1) is 0 Å². The van der Waals surface area contributed by atoms with Gasteiger partial charge < -0.3 is 9.47 Å². The lowest BCUT2D eigenvalue weighted by molar-refractivity contribution is 0.323. The Morgan fingerprint density at radius 3 is 2.92 bits per heavy atom. The molecule has 0 amide bonds. The molecule has 0 aliphatic heterocycles. The van der Waals surface area contributed by atoms with E-state index < -0.39 is 0 Å². The maximum atomic E-state index is 7.42. The molecular formula is C8H11N3O2. The van der Waals surface area contributed by atoms with Gasteiger partial charge in [0.25, 0.3) is 0 Å². The molecule has 1 aromatic heterocycles. The van der Waals surface area contributed by atoms with Crippen LogP contribution in [0.3, 0.4) is 0 Å². The summed E-state index contributed by atoms with van der Waals surface area (Å²) in [6, 6.07) is 0. The van der Waals surface area contributed by atoms with Crippen molar-refractivity contribution in [2.75, 3.05) is 13.7 Å². The molecule has 0 aromatic carbocycles. The van der Waals surface area contributed by atoms with Crippen LogP contribution < -0.4 is 4.74 Å². The van der Waals surface area contributed by atoms with Crippen LogP contribution in [0.4, 0.5) is 0 Å². The Kier molecular flexibility index (Phi) is 3.19. The van der Waals surface area contributed by atoms with E-state index in [1.807, 2.05) is 6.92 Å². The first-order valence-electron chi connectivity index (χ1n) is 3.85. The minimum atomic E-state index is 0.00824. The predicted molar refractivity (Wildman–Crippen MR) is 47.0 cm³/mol. The zero-order valence-corrected chi connectivity index (χ0v) is 7.57. The van der Waals surface area contributed by atoms with Crippen molar-refractivity contribution in [3.63, 3.8) is 0 Å². The molecule has 1 N–H and O–H groups in total. The van der Waals surface area contributed by atoms with Crippen LogP contribution in [0, 0.1) is 5.41 Å². The normalized spacial score (nSPS) is 9.38. The zero-order chi connectivity index (χ0) is 9.68. The van der Waals surface area contributed by atoms with Crippen molar-refractivity contribution < 1.29 is 9.47 Å². The summed E-state index contributed by atoms with van der Waals surface area (Å²) >= 11 is 0. The van der Waals surface area contributed by atoms with E-state index in [9.17, 15) is 0 Å². The number of nitrogens with zero attached hydrogens (tertiary/aromatic N) is 2. The summed E-state index contributed by atoms with van der Waals surface area (Å²) in [5, 5.41) is 7.42. The highest BCUT2D eigenvalue weighted by molar-refractivity contribution is 5.89. The summed E-state index contributed by atoms with van der Waals surface area (Å²) < 4.78 is 9.81. The van der Waals surface area contributed by atoms with Crippen LogP contribution in [-0.2, 0) is 4.74 Å². The van der Waals surface area contributed by atoms with Crippen LogP contribution in [0.1, 0.15) is 12.6 Å². The number of hydrogen-bond donors (Lipinski definition) is 1. The van der Waals surface area contributed by atoms with Crippen LogP contribution in [0.2, 0.25) is 0 Å². The van der Waals surface area contributed by atoms with E-state index >= 15 is 0 Å². The molecule has 1 aromatic rings. The number of nitrogens with one attached hydrogen (secondary N) is 1. The number of hydrogen-bond acceptors (Lipinski definition) is 5. The molecule has 0 spiro atoms. The molecule has 0 saturated heterocycles. The third kappa shape index (κ3) is 2.40. The summed E-state index contributed by atoms with van der Waals surface area (Å²) in [4.78, 5) is 7.83. The number of rotatable bonds is 3. The fourth-order valence-electron chi connectivity index (χ4n) is 0.774. The molecule has 0 saturated carbocycles. The van der Waals surface area contributed by atoms with Crippen LogP contribution >= 0.6 is 0 Å². The Morgan fingerprint density at radius 2 is 2.31 bits per heavy atom. The standard InChI is InChI=1S/C8H11N3O2/c1-3-13-8(9)6-4-10-5-7(11-6)12-2/h4-5,9H,3H2,1-2H3. The quantitative estimate of drug-likeness (QED) is 0.554. The second-order valence-electron chi connectivity index (χ2n) is 2.21. The summed E-state index contributed by atoms with van der Waals surface area (Å²) in [6.45, 7) is 2.25. The topological polar surface area (TPSA) is 68.1 Å². The monoisotopic (exact) mass is 181 g/mol. The van der Waals surface area contributed by atoms with Gasteiger partial charge in [-0.2, -0.15) is 0 Å². The molecule has 0 atom stereocenters. The largest absolute Gasteiger partial charge is 0.480 e. The lowest BCUT2D eigenvalue weighted by atomic mass is 10.4. The van der Waals surface area contributed by atoms with Gasteiger partial charge in [-0.25, -0.2) is 4.98 Å². The summed E-state index contributed by atoms with van der Waals surface area (Å²) in [5.41, 5.74) is 0.376. The van der Waals surface area contributed by atoms with Crippen LogP contribution in [-0.4, -0.2) is 29.6 Å². The molecule has 13 heavy (non-hydrogen) atoms. The minimum Gasteiger partial charge on any atom is -0.480 e. The Labute approximate surface area is 76.2 Å². The first-order chi connectivity index (χ1) is 6.27. The van der Waals surface area contributed by atoms with Gasteiger partial charge in [-0.1, -0.05) is 0 Å². The molecule has 0 fully saturated rings. The molecule has 5 nitrogen and oxygen atoms in total. The Morgan fingerprint density at radius 1 is 1.54 bits per heavy atom. The number of methoxy groups -OCH3 is 1. The highest BCUT2D eigenvalue weighted by Crippen LogP contribution is 2.04. The zero-order valence-electron chi connectivity index (χ0n) is 7.57. The fourth-order valence-corrected chi connectivity index (χ4v) is 0.774. The third-order valence-corrected chi connectivity index (χ3v) is 1.34. The molecule has 0 radical (unpaired) electrons. The van der Waals surface area contributed by atoms with Gasteiger partial charge in [0, 0.05) is 0 Å². The van der Waals surface area contributed by atoms with E-state index in [2.05, 4.69) is 9.97 Å². The minimum absolute atomic E-state index is 0.00824. The van der Waals surface area contributed by atoms with E-state index in [1.165, 1.54) is 19.5 Å². The van der Waals surface area contributed by atoms with Crippen molar-refractivity contribution >= 4 is 5.90 Å². The lowest BCUT2D eigenvalue weighted by Crippen LogP contribution is -2.08. The van der Waals surface area contributed by atoms with E-state index in [0.29, 0.717) is 18.2 Å². The molecule has 0 aliphatic carbocycles. The molecule has 1 rings (SSSR count). The smallest absolute Gasteiger partial charge is 0.234 e. The van der Waals surface area contributed by atoms with Crippen molar-refractivity contribution in [3.8, 4) is 5.88 Å². The average molecular weight is 181 g/mol. The van der Waals surface area contributed by atoms with E-state index in [4.69, 9.17) is 14.9 Å². The van der Waals surface area contributed by atoms with E-state index in [0.717, 1.165) is 0 Å². The second-order valence-corrected chi connectivity index (χ2v) is 2.21. The first kappa shape index (κ1) is 9.44. The van der Waals surface area contributed by atoms with E-state index in [-0.39, 0.29) is 5.90 Å². The van der Waals surface area contributed by atoms with Crippen molar-refractivity contribution in [2.24, 2.45) is 0 Å². The van der Waals surface area contributed by atoms with Gasteiger partial charge in [0.2, 0.25) is 11.8 Å². The Bertz CT molecular complexity index is 301. The van der Waals surface area contributed by atoms with Crippen LogP contribution in [0.5, 0.6) is 5.88 Å². The number of ether oxygens (including phenoxy) is 2. The summed E-state index contributed by atoms with van der Waals surface area (Å²) in [7, 11) is 1.50. The average Bonchev–Trinajstić information content (AvgIpc) is 2.18. The maximum Gasteiger partial charge on any atom is 0.234 e. The van der Waals surface area contributed by atoms with Crippen molar-refractivity contribution in [1.82, 2.24) is 9.97 Å². The number of aromatic nitrogens is 2. The Balaban J connectivity index is 2.82. The van der Waals surface area contributed by atoms with Gasteiger partial charge in [0.05, 0.1) is 26.1 Å². The molecule has 70 valence electrons. The molecule has 1 heterocycles. The third-order valence-electron chi connectivity index (χ3n) is 1.34. The van der Waals surface area contributed by atoms with Crippen LogP contribution in [0.15, 0.2) is 12.4 Å². The van der Waals surface area contributed by atoms with E-state index in [1.54, 1.807) is 0 Å². The molecule has 0 unspecified atom stereocenters. The highest BCUT2D eigenvalue weighted by Gasteiger charge is 2.05. The van der Waals surface area contributed by atoms with Crippen molar-refractivity contribution in [3.05, 3.63) is 18.1 Å². The van der Waals surface area contributed by atoms with Gasteiger partial charge >= 0.3 is 0 Å². The molecule has 5 heteroatoms. The maximum absolute atomic E-state index is 7.42. The first-order valence-corrected chi connectivity index (χ1v) is 3.85. The highest BCUT2D eigenvalue weighted by atomic mass is 16.5. The van der Waals surface area contributed by atoms with Gasteiger partial charge in [-0.05, 0) is 6.92 Å². The summed E-state index contributed by atoms with van der Waals surface area (Å²) in [6.07, 6.45) is 2.93. The Hall–Kier alpha value is -1.65. The molecular weight excluding hydrogens is 170 g/mol. The van der Waals surface area contributed by atoms with Gasteiger partial charge in [0.15, 0.2) is 0 Å². The van der Waals surface area contributed by atoms with Gasteiger partial charge in [0.1, 0.15) is 5.69 Å². The second kappa shape index (κ2) is 4.39. The lowest BCUT2D eigenvalue weighted by Gasteiger charge is -2.04. The summed E-state index contributed by atoms with van der Waals surface area (Å²) in [5.74, 6) is 0.385. The van der Waals surface area contributed by atoms with Gasteiger partial charge in [-0.3, -0.25) is 10.4 Å². The molecule has 0 bridgehead atoms. The van der Waals surface area contributed by atoms with Crippen molar-refractivity contribution in [2.45, 2.75) is 6.92 Å². The van der Waals surface area contributed by atoms with Crippen LogP contribution in [0.25, 0.3) is 0 Å². The SMILES string of the molecule is CCOC(=N)c1cncc(OC)n1. The van der Waals surface area contributed by atoms with Crippen molar-refractivity contribution in [1.29, 1.82) is 5.41 Å². The molecule has 0 aliphatic rings.